The van der Waals surface area contributed by atoms with Gasteiger partial charge < -0.3 is 4.90 Å². The van der Waals surface area contributed by atoms with E-state index in [0.717, 1.165) is 26.2 Å². The highest BCUT2D eigenvalue weighted by atomic mass is 35.5. The standard InChI is InChI=1S/C16H23ClN2O/c1-12-4-5-15(10-13(12)2)14(3)18-6-8-19(9-7-18)16(20)11-17/h4-5,10,14H,6-9,11H2,1-3H3/t14-/m1/s1. The van der Waals surface area contributed by atoms with Crippen molar-refractivity contribution in [3.8, 4) is 0 Å². The summed E-state index contributed by atoms with van der Waals surface area (Å²) >= 11 is 5.61. The van der Waals surface area contributed by atoms with Gasteiger partial charge in [0, 0.05) is 32.2 Å². The Morgan fingerprint density at radius 2 is 1.85 bits per heavy atom. The fraction of sp³-hybridized carbons (Fsp3) is 0.562. The second-order valence-electron chi connectivity index (χ2n) is 5.57. The van der Waals surface area contributed by atoms with Crippen molar-refractivity contribution in [2.45, 2.75) is 26.8 Å². The minimum atomic E-state index is 0.0464. The topological polar surface area (TPSA) is 23.6 Å². The van der Waals surface area contributed by atoms with Crippen LogP contribution in [0.4, 0.5) is 0 Å². The van der Waals surface area contributed by atoms with E-state index >= 15 is 0 Å². The largest absolute Gasteiger partial charge is 0.339 e. The predicted octanol–water partition coefficient (Wildman–Crippen LogP) is 2.75. The zero-order valence-electron chi connectivity index (χ0n) is 12.5. The van der Waals surface area contributed by atoms with Gasteiger partial charge in [-0.2, -0.15) is 0 Å². The van der Waals surface area contributed by atoms with Crippen LogP contribution >= 0.6 is 11.6 Å². The van der Waals surface area contributed by atoms with Crippen LogP contribution in [-0.2, 0) is 4.79 Å². The summed E-state index contributed by atoms with van der Waals surface area (Å²) in [5.41, 5.74) is 4.02. The molecule has 1 fully saturated rings. The quantitative estimate of drug-likeness (QED) is 0.800. The van der Waals surface area contributed by atoms with Crippen LogP contribution < -0.4 is 0 Å². The van der Waals surface area contributed by atoms with Crippen LogP contribution in [0.5, 0.6) is 0 Å². The Hall–Kier alpha value is -1.06. The molecule has 2 rings (SSSR count). The first-order chi connectivity index (χ1) is 9.52. The summed E-state index contributed by atoms with van der Waals surface area (Å²) in [7, 11) is 0. The molecule has 0 aliphatic carbocycles. The molecule has 3 nitrogen and oxygen atoms in total. The molecule has 0 saturated carbocycles. The summed E-state index contributed by atoms with van der Waals surface area (Å²) in [5, 5.41) is 0. The van der Waals surface area contributed by atoms with Gasteiger partial charge in [0.1, 0.15) is 5.88 Å². The molecule has 1 aromatic carbocycles. The van der Waals surface area contributed by atoms with Crippen LogP contribution in [0.1, 0.15) is 29.7 Å². The van der Waals surface area contributed by atoms with Gasteiger partial charge in [-0.15, -0.1) is 11.6 Å². The lowest BCUT2D eigenvalue weighted by molar-refractivity contribution is -0.130. The summed E-state index contributed by atoms with van der Waals surface area (Å²) < 4.78 is 0. The van der Waals surface area contributed by atoms with Gasteiger partial charge in [-0.25, -0.2) is 0 Å². The Kier molecular flexibility index (Phi) is 5.06. The van der Waals surface area contributed by atoms with Crippen molar-refractivity contribution in [1.29, 1.82) is 0 Å². The van der Waals surface area contributed by atoms with Crippen molar-refractivity contribution in [2.24, 2.45) is 0 Å². The lowest BCUT2D eigenvalue weighted by Gasteiger charge is -2.38. The van der Waals surface area contributed by atoms with Gasteiger partial charge in [0.15, 0.2) is 0 Å². The maximum absolute atomic E-state index is 11.6. The number of amides is 1. The molecule has 0 bridgehead atoms. The normalized spacial score (nSPS) is 18.1. The van der Waals surface area contributed by atoms with E-state index in [2.05, 4.69) is 43.9 Å². The van der Waals surface area contributed by atoms with Crippen LogP contribution in [0.3, 0.4) is 0 Å². The van der Waals surface area contributed by atoms with Crippen molar-refractivity contribution in [1.82, 2.24) is 9.80 Å². The molecule has 1 amide bonds. The van der Waals surface area contributed by atoms with Crippen LogP contribution in [-0.4, -0.2) is 47.8 Å². The van der Waals surface area contributed by atoms with E-state index in [4.69, 9.17) is 11.6 Å². The number of piperazine rings is 1. The van der Waals surface area contributed by atoms with E-state index < -0.39 is 0 Å². The van der Waals surface area contributed by atoms with Crippen LogP contribution in [0.25, 0.3) is 0 Å². The maximum Gasteiger partial charge on any atom is 0.237 e. The number of nitrogens with zero attached hydrogens (tertiary/aromatic N) is 2. The Labute approximate surface area is 126 Å². The van der Waals surface area contributed by atoms with E-state index in [1.807, 2.05) is 4.90 Å². The van der Waals surface area contributed by atoms with Crippen LogP contribution in [0, 0.1) is 13.8 Å². The number of hydrogen-bond donors (Lipinski definition) is 0. The number of rotatable bonds is 3. The molecule has 1 atom stereocenters. The smallest absolute Gasteiger partial charge is 0.237 e. The van der Waals surface area contributed by atoms with Crippen LogP contribution in [0.2, 0.25) is 0 Å². The summed E-state index contributed by atoms with van der Waals surface area (Å²) in [5.74, 6) is 0.136. The summed E-state index contributed by atoms with van der Waals surface area (Å²) in [6, 6.07) is 7.07. The molecule has 0 spiro atoms. The minimum absolute atomic E-state index is 0.0464. The van der Waals surface area contributed by atoms with Crippen molar-refractivity contribution in [2.75, 3.05) is 32.1 Å². The van der Waals surface area contributed by atoms with E-state index in [0.29, 0.717) is 6.04 Å². The molecular weight excluding hydrogens is 272 g/mol. The molecule has 110 valence electrons. The molecule has 4 heteroatoms. The Morgan fingerprint density at radius 1 is 1.20 bits per heavy atom. The van der Waals surface area contributed by atoms with Gasteiger partial charge in [0.25, 0.3) is 0 Å². The van der Waals surface area contributed by atoms with Crippen molar-refractivity contribution >= 4 is 17.5 Å². The number of benzene rings is 1. The molecule has 0 N–H and O–H groups in total. The lowest BCUT2D eigenvalue weighted by Crippen LogP contribution is -2.49. The van der Waals surface area contributed by atoms with Crippen molar-refractivity contribution in [3.05, 3.63) is 34.9 Å². The average molecular weight is 295 g/mol. The highest BCUT2D eigenvalue weighted by molar-refractivity contribution is 6.27. The first-order valence-electron chi connectivity index (χ1n) is 7.18. The van der Waals surface area contributed by atoms with E-state index in [-0.39, 0.29) is 11.8 Å². The molecule has 1 aliphatic rings. The number of halogens is 1. The number of alkyl halides is 1. The van der Waals surface area contributed by atoms with Crippen molar-refractivity contribution in [3.63, 3.8) is 0 Å². The third kappa shape index (κ3) is 3.33. The van der Waals surface area contributed by atoms with Gasteiger partial charge in [-0.1, -0.05) is 18.2 Å². The van der Waals surface area contributed by atoms with Crippen molar-refractivity contribution < 1.29 is 4.79 Å². The van der Waals surface area contributed by atoms with E-state index in [1.54, 1.807) is 0 Å². The lowest BCUT2D eigenvalue weighted by atomic mass is 10.0. The second-order valence-corrected chi connectivity index (χ2v) is 5.84. The highest BCUT2D eigenvalue weighted by Crippen LogP contribution is 2.23. The zero-order valence-corrected chi connectivity index (χ0v) is 13.3. The molecule has 1 aliphatic heterocycles. The second kappa shape index (κ2) is 6.59. The fourth-order valence-corrected chi connectivity index (χ4v) is 2.85. The van der Waals surface area contributed by atoms with Gasteiger partial charge >= 0.3 is 0 Å². The number of carbonyl (C=O) groups excluding carboxylic acids is 1. The minimum Gasteiger partial charge on any atom is -0.339 e. The number of hydrogen-bond acceptors (Lipinski definition) is 2. The Bertz CT molecular complexity index is 481. The predicted molar refractivity (Wildman–Crippen MR) is 83.2 cm³/mol. The molecule has 0 aromatic heterocycles. The summed E-state index contributed by atoms with van der Waals surface area (Å²) in [6.45, 7) is 9.92. The van der Waals surface area contributed by atoms with E-state index in [1.165, 1.54) is 16.7 Å². The summed E-state index contributed by atoms with van der Waals surface area (Å²) in [4.78, 5) is 15.9. The first kappa shape index (κ1) is 15.3. The third-order valence-corrected chi connectivity index (χ3v) is 4.57. The van der Waals surface area contributed by atoms with Gasteiger partial charge in [0.2, 0.25) is 5.91 Å². The third-order valence-electron chi connectivity index (χ3n) is 4.34. The molecule has 1 saturated heterocycles. The first-order valence-corrected chi connectivity index (χ1v) is 7.71. The molecular formula is C16H23ClN2O. The molecule has 1 aromatic rings. The number of aryl methyl sites for hydroxylation is 2. The van der Waals surface area contributed by atoms with Crippen LogP contribution in [0.15, 0.2) is 18.2 Å². The number of carbonyl (C=O) groups is 1. The molecule has 20 heavy (non-hydrogen) atoms. The maximum atomic E-state index is 11.6. The Morgan fingerprint density at radius 3 is 2.40 bits per heavy atom. The molecule has 1 heterocycles. The molecule has 0 radical (unpaired) electrons. The average Bonchev–Trinajstić information content (AvgIpc) is 2.48. The SMILES string of the molecule is Cc1ccc([C@@H](C)N2CCN(C(=O)CCl)CC2)cc1C. The zero-order chi connectivity index (χ0) is 14.7. The fourth-order valence-electron chi connectivity index (χ4n) is 2.68. The van der Waals surface area contributed by atoms with Gasteiger partial charge in [0.05, 0.1) is 0 Å². The monoisotopic (exact) mass is 294 g/mol. The van der Waals surface area contributed by atoms with E-state index in [9.17, 15) is 4.79 Å². The molecule has 0 unspecified atom stereocenters. The van der Waals surface area contributed by atoms with Gasteiger partial charge in [-0.05, 0) is 37.5 Å². The Balaban J connectivity index is 1.99. The summed E-state index contributed by atoms with van der Waals surface area (Å²) in [6.07, 6.45) is 0. The van der Waals surface area contributed by atoms with Gasteiger partial charge in [-0.3, -0.25) is 9.69 Å². The highest BCUT2D eigenvalue weighted by Gasteiger charge is 2.24.